The van der Waals surface area contributed by atoms with E-state index in [1.54, 1.807) is 18.4 Å². The second-order valence-electron chi connectivity index (χ2n) is 5.52. The summed E-state index contributed by atoms with van der Waals surface area (Å²) in [5.41, 5.74) is 0. The van der Waals surface area contributed by atoms with E-state index >= 15 is 0 Å². The normalized spacial score (nSPS) is 32.4. The van der Waals surface area contributed by atoms with E-state index in [9.17, 15) is 14.7 Å². The van der Waals surface area contributed by atoms with Gasteiger partial charge in [0.25, 0.3) is 0 Å². The molecule has 4 atom stereocenters. The van der Waals surface area contributed by atoms with Crippen LogP contribution in [-0.4, -0.2) is 17.0 Å². The van der Waals surface area contributed by atoms with E-state index in [4.69, 9.17) is 4.42 Å². The number of nitrogens with one attached hydrogen (secondary N) is 1. The zero-order valence-electron chi connectivity index (χ0n) is 10.5. The van der Waals surface area contributed by atoms with Gasteiger partial charge in [-0.15, -0.1) is 0 Å². The number of furan rings is 1. The van der Waals surface area contributed by atoms with E-state index < -0.39 is 11.9 Å². The number of hydrogen-bond donors (Lipinski definition) is 2. The Hall–Kier alpha value is -1.78. The molecular formula is C14H17NO4. The predicted molar refractivity (Wildman–Crippen MR) is 66.0 cm³/mol. The molecule has 2 aliphatic carbocycles. The molecule has 0 aromatic carbocycles. The molecule has 2 bridgehead atoms. The summed E-state index contributed by atoms with van der Waals surface area (Å²) in [5, 5.41) is 12.1. The maximum absolute atomic E-state index is 12.2. The Morgan fingerprint density at radius 3 is 2.68 bits per heavy atom. The van der Waals surface area contributed by atoms with Crippen LogP contribution in [0.15, 0.2) is 22.8 Å². The third-order valence-electron chi connectivity index (χ3n) is 4.52. The molecule has 0 aliphatic heterocycles. The number of fused-ring (bicyclic) bond motifs is 2. The van der Waals surface area contributed by atoms with Crippen LogP contribution in [-0.2, 0) is 16.1 Å². The average molecular weight is 263 g/mol. The fourth-order valence-corrected chi connectivity index (χ4v) is 3.73. The number of hydrogen-bond acceptors (Lipinski definition) is 3. The summed E-state index contributed by atoms with van der Waals surface area (Å²) in [5.74, 6) is -0.740. The molecule has 5 nitrogen and oxygen atoms in total. The van der Waals surface area contributed by atoms with Crippen molar-refractivity contribution in [2.24, 2.45) is 23.7 Å². The Morgan fingerprint density at radius 1 is 1.32 bits per heavy atom. The molecule has 0 spiro atoms. The minimum atomic E-state index is -0.828. The van der Waals surface area contributed by atoms with Crippen LogP contribution in [0.5, 0.6) is 0 Å². The predicted octanol–water partition coefficient (Wildman–Crippen LogP) is 1.64. The lowest BCUT2D eigenvalue weighted by Crippen LogP contribution is -2.40. The third kappa shape index (κ3) is 2.13. The van der Waals surface area contributed by atoms with Gasteiger partial charge in [0, 0.05) is 0 Å². The summed E-state index contributed by atoms with van der Waals surface area (Å²) in [6.07, 6.45) is 4.37. The van der Waals surface area contributed by atoms with Crippen LogP contribution >= 0.6 is 0 Å². The highest BCUT2D eigenvalue weighted by molar-refractivity contribution is 5.86. The molecule has 1 aromatic heterocycles. The smallest absolute Gasteiger partial charge is 0.307 e. The van der Waals surface area contributed by atoms with Crippen molar-refractivity contribution >= 4 is 11.9 Å². The molecule has 2 saturated carbocycles. The van der Waals surface area contributed by atoms with Crippen molar-refractivity contribution in [3.05, 3.63) is 24.2 Å². The summed E-state index contributed by atoms with van der Waals surface area (Å²) < 4.78 is 5.15. The number of amides is 1. The molecule has 5 heteroatoms. The Morgan fingerprint density at radius 2 is 2.05 bits per heavy atom. The van der Waals surface area contributed by atoms with Crippen molar-refractivity contribution in [3.63, 3.8) is 0 Å². The minimum Gasteiger partial charge on any atom is -0.481 e. The van der Waals surface area contributed by atoms with E-state index in [2.05, 4.69) is 5.32 Å². The second-order valence-corrected chi connectivity index (χ2v) is 5.52. The molecule has 0 saturated heterocycles. The summed E-state index contributed by atoms with van der Waals surface area (Å²) in [6.45, 7) is 0.325. The maximum Gasteiger partial charge on any atom is 0.307 e. The summed E-state index contributed by atoms with van der Waals surface area (Å²) >= 11 is 0. The van der Waals surface area contributed by atoms with Gasteiger partial charge in [-0.05, 0) is 43.2 Å². The van der Waals surface area contributed by atoms with Gasteiger partial charge in [0.15, 0.2) is 0 Å². The monoisotopic (exact) mass is 263 g/mol. The van der Waals surface area contributed by atoms with Gasteiger partial charge in [-0.25, -0.2) is 0 Å². The molecule has 2 fully saturated rings. The van der Waals surface area contributed by atoms with Gasteiger partial charge in [0.05, 0.1) is 24.6 Å². The molecule has 0 unspecified atom stereocenters. The Kier molecular flexibility index (Phi) is 3.05. The molecule has 2 aliphatic rings. The van der Waals surface area contributed by atoms with Crippen molar-refractivity contribution < 1.29 is 19.1 Å². The van der Waals surface area contributed by atoms with Gasteiger partial charge in [-0.3, -0.25) is 9.59 Å². The van der Waals surface area contributed by atoms with Crippen molar-refractivity contribution in [3.8, 4) is 0 Å². The van der Waals surface area contributed by atoms with Crippen LogP contribution in [0.2, 0.25) is 0 Å². The topological polar surface area (TPSA) is 79.5 Å². The lowest BCUT2D eigenvalue weighted by molar-refractivity contribution is -0.149. The first-order valence-electron chi connectivity index (χ1n) is 6.69. The van der Waals surface area contributed by atoms with E-state index in [-0.39, 0.29) is 23.7 Å². The van der Waals surface area contributed by atoms with Gasteiger partial charge in [0.1, 0.15) is 5.76 Å². The maximum atomic E-state index is 12.2. The number of carboxylic acid groups (broad SMARTS) is 1. The van der Waals surface area contributed by atoms with Gasteiger partial charge < -0.3 is 14.8 Å². The van der Waals surface area contributed by atoms with Crippen molar-refractivity contribution in [1.29, 1.82) is 0 Å². The Labute approximate surface area is 111 Å². The van der Waals surface area contributed by atoms with Gasteiger partial charge >= 0.3 is 5.97 Å². The molecule has 3 rings (SSSR count). The van der Waals surface area contributed by atoms with Gasteiger partial charge in [-0.2, -0.15) is 0 Å². The van der Waals surface area contributed by atoms with E-state index in [1.807, 2.05) is 0 Å². The number of carboxylic acids is 1. The molecule has 19 heavy (non-hydrogen) atoms. The minimum absolute atomic E-state index is 0.143. The van der Waals surface area contributed by atoms with Gasteiger partial charge in [0.2, 0.25) is 5.91 Å². The molecule has 0 radical (unpaired) electrons. The van der Waals surface area contributed by atoms with Crippen LogP contribution < -0.4 is 5.32 Å². The lowest BCUT2D eigenvalue weighted by atomic mass is 9.79. The molecule has 1 amide bonds. The Bertz CT molecular complexity index is 482. The number of aliphatic carboxylic acids is 1. The SMILES string of the molecule is O=C(NCc1ccco1)[C@@H]1[C@H]2CC[C@@H](C2)[C@@H]1C(=O)O. The molecule has 1 heterocycles. The fraction of sp³-hybridized carbons (Fsp3) is 0.571. The van der Waals surface area contributed by atoms with Crippen molar-refractivity contribution in [2.45, 2.75) is 25.8 Å². The largest absolute Gasteiger partial charge is 0.481 e. The summed E-state index contributed by atoms with van der Waals surface area (Å²) in [7, 11) is 0. The fourth-order valence-electron chi connectivity index (χ4n) is 3.73. The zero-order valence-corrected chi connectivity index (χ0v) is 10.5. The first-order valence-corrected chi connectivity index (χ1v) is 6.69. The highest BCUT2D eigenvalue weighted by Crippen LogP contribution is 2.52. The van der Waals surface area contributed by atoms with Crippen LogP contribution in [0.1, 0.15) is 25.0 Å². The molecule has 1 aromatic rings. The van der Waals surface area contributed by atoms with Crippen molar-refractivity contribution in [2.75, 3.05) is 0 Å². The first kappa shape index (κ1) is 12.3. The molecule has 102 valence electrons. The average Bonchev–Trinajstić information content (AvgIpc) is 3.10. The van der Waals surface area contributed by atoms with Gasteiger partial charge in [-0.1, -0.05) is 0 Å². The summed E-state index contributed by atoms with van der Waals surface area (Å²) in [6, 6.07) is 3.55. The highest BCUT2D eigenvalue weighted by atomic mass is 16.4. The second kappa shape index (κ2) is 4.72. The van der Waals surface area contributed by atoms with Crippen LogP contribution in [0, 0.1) is 23.7 Å². The molecule has 2 N–H and O–H groups in total. The van der Waals surface area contributed by atoms with Crippen molar-refractivity contribution in [1.82, 2.24) is 5.32 Å². The standard InChI is InChI=1S/C14H17NO4/c16-13(15-7-10-2-1-5-19-10)11-8-3-4-9(6-8)12(11)14(17)18/h1-2,5,8-9,11-12H,3-4,6-7H2,(H,15,16)(H,17,18)/t8-,9-,11+,12-/m0/s1. The zero-order chi connectivity index (χ0) is 13.4. The quantitative estimate of drug-likeness (QED) is 0.865. The van der Waals surface area contributed by atoms with Crippen LogP contribution in [0.3, 0.4) is 0 Å². The third-order valence-corrected chi connectivity index (χ3v) is 4.52. The van der Waals surface area contributed by atoms with E-state index in [1.165, 1.54) is 0 Å². The molecular weight excluding hydrogens is 246 g/mol. The van der Waals surface area contributed by atoms with Crippen LogP contribution in [0.25, 0.3) is 0 Å². The van der Waals surface area contributed by atoms with E-state index in [0.717, 1.165) is 19.3 Å². The summed E-state index contributed by atoms with van der Waals surface area (Å²) in [4.78, 5) is 23.6. The van der Waals surface area contributed by atoms with Crippen LogP contribution in [0.4, 0.5) is 0 Å². The Balaban J connectivity index is 1.66. The highest BCUT2D eigenvalue weighted by Gasteiger charge is 2.53. The number of rotatable bonds is 4. The van der Waals surface area contributed by atoms with E-state index in [0.29, 0.717) is 12.3 Å². The number of carbonyl (C=O) groups excluding carboxylic acids is 1. The number of carbonyl (C=O) groups is 2. The lowest BCUT2D eigenvalue weighted by Gasteiger charge is -2.26. The first-order chi connectivity index (χ1) is 9.16.